The SMILES string of the molecule is Cc1cnc(NS(=O)(=O)c2ccc(Cl)c([N+](=O)[O-])c2)s1. The van der Waals surface area contributed by atoms with Crippen LogP contribution in [0.15, 0.2) is 29.3 Å². The number of nitrogens with zero attached hydrogens (tertiary/aromatic N) is 2. The maximum absolute atomic E-state index is 12.1. The molecule has 0 bridgehead atoms. The third-order valence-corrected chi connectivity index (χ3v) is 4.88. The predicted octanol–water partition coefficient (Wildman–Crippen LogP) is 2.81. The second kappa shape index (κ2) is 5.35. The lowest BCUT2D eigenvalue weighted by Gasteiger charge is -2.05. The van der Waals surface area contributed by atoms with E-state index in [4.69, 9.17) is 11.6 Å². The van der Waals surface area contributed by atoms with Gasteiger partial charge in [0.15, 0.2) is 5.13 Å². The van der Waals surface area contributed by atoms with E-state index in [1.165, 1.54) is 18.3 Å². The molecule has 1 aromatic heterocycles. The van der Waals surface area contributed by atoms with Crippen LogP contribution < -0.4 is 4.72 Å². The van der Waals surface area contributed by atoms with Gasteiger partial charge in [-0.1, -0.05) is 11.6 Å². The van der Waals surface area contributed by atoms with Crippen LogP contribution in [-0.4, -0.2) is 18.3 Å². The van der Waals surface area contributed by atoms with Gasteiger partial charge in [0.2, 0.25) is 0 Å². The first kappa shape index (κ1) is 14.7. The van der Waals surface area contributed by atoms with E-state index in [9.17, 15) is 18.5 Å². The molecule has 2 rings (SSSR count). The maximum atomic E-state index is 12.1. The van der Waals surface area contributed by atoms with Crippen molar-refractivity contribution >= 4 is 43.8 Å². The van der Waals surface area contributed by atoms with Gasteiger partial charge in [-0.05, 0) is 19.1 Å². The van der Waals surface area contributed by atoms with Crippen LogP contribution in [0, 0.1) is 17.0 Å². The molecule has 1 N–H and O–H groups in total. The first-order valence-electron chi connectivity index (χ1n) is 5.19. The van der Waals surface area contributed by atoms with Crippen molar-refractivity contribution in [3.05, 3.63) is 44.4 Å². The Morgan fingerprint density at radius 2 is 2.15 bits per heavy atom. The van der Waals surface area contributed by atoms with Crippen molar-refractivity contribution in [3.63, 3.8) is 0 Å². The molecule has 0 saturated heterocycles. The molecule has 0 aliphatic rings. The fourth-order valence-corrected chi connectivity index (χ4v) is 3.49. The van der Waals surface area contributed by atoms with Crippen molar-refractivity contribution < 1.29 is 13.3 Å². The van der Waals surface area contributed by atoms with E-state index in [0.717, 1.165) is 22.3 Å². The minimum atomic E-state index is -3.94. The second-order valence-corrected chi connectivity index (χ2v) is 7.08. The summed E-state index contributed by atoms with van der Waals surface area (Å²) in [5, 5.41) is 10.8. The lowest BCUT2D eigenvalue weighted by Crippen LogP contribution is -2.13. The van der Waals surface area contributed by atoms with Gasteiger partial charge in [0.1, 0.15) is 5.02 Å². The minimum absolute atomic E-state index is 0.126. The maximum Gasteiger partial charge on any atom is 0.289 e. The van der Waals surface area contributed by atoms with E-state index in [0.29, 0.717) is 0 Å². The van der Waals surface area contributed by atoms with Crippen LogP contribution in [0.4, 0.5) is 10.8 Å². The van der Waals surface area contributed by atoms with Crippen LogP contribution in [-0.2, 0) is 10.0 Å². The molecule has 0 aliphatic carbocycles. The highest BCUT2D eigenvalue weighted by Crippen LogP contribution is 2.28. The number of hydrogen-bond acceptors (Lipinski definition) is 6. The summed E-state index contributed by atoms with van der Waals surface area (Å²) in [6, 6.07) is 3.27. The summed E-state index contributed by atoms with van der Waals surface area (Å²) in [6.45, 7) is 1.78. The van der Waals surface area contributed by atoms with Gasteiger partial charge >= 0.3 is 0 Å². The Labute approximate surface area is 123 Å². The quantitative estimate of drug-likeness (QED) is 0.684. The Hall–Kier alpha value is -1.71. The number of rotatable bonds is 4. The average molecular weight is 334 g/mol. The molecule has 0 radical (unpaired) electrons. The van der Waals surface area contributed by atoms with Crippen LogP contribution in [0.25, 0.3) is 0 Å². The monoisotopic (exact) mass is 333 g/mol. The van der Waals surface area contributed by atoms with Gasteiger partial charge < -0.3 is 0 Å². The average Bonchev–Trinajstić information content (AvgIpc) is 2.73. The van der Waals surface area contributed by atoms with E-state index in [-0.39, 0.29) is 15.0 Å². The lowest BCUT2D eigenvalue weighted by atomic mass is 10.3. The first-order valence-corrected chi connectivity index (χ1v) is 7.86. The number of benzene rings is 1. The molecule has 10 heteroatoms. The van der Waals surface area contributed by atoms with Crippen molar-refractivity contribution in [2.24, 2.45) is 0 Å². The van der Waals surface area contributed by atoms with Gasteiger partial charge in [0, 0.05) is 17.1 Å². The Balaban J connectivity index is 2.39. The zero-order valence-electron chi connectivity index (χ0n) is 10.0. The smallest absolute Gasteiger partial charge is 0.258 e. The molecule has 106 valence electrons. The van der Waals surface area contributed by atoms with Gasteiger partial charge in [-0.3, -0.25) is 14.8 Å². The van der Waals surface area contributed by atoms with E-state index >= 15 is 0 Å². The minimum Gasteiger partial charge on any atom is -0.258 e. The van der Waals surface area contributed by atoms with Crippen molar-refractivity contribution in [2.75, 3.05) is 4.72 Å². The standard InChI is InChI=1S/C10H8ClN3O4S2/c1-6-5-12-10(19-6)13-20(17,18)7-2-3-8(11)9(4-7)14(15)16/h2-5H,1H3,(H,12,13). The lowest BCUT2D eigenvalue weighted by molar-refractivity contribution is -0.384. The summed E-state index contributed by atoms with van der Waals surface area (Å²) in [5.41, 5.74) is -0.468. The highest BCUT2D eigenvalue weighted by Gasteiger charge is 2.21. The normalized spacial score (nSPS) is 11.3. The Bertz CT molecular complexity index is 773. The van der Waals surface area contributed by atoms with Crippen molar-refractivity contribution in [1.82, 2.24) is 4.98 Å². The number of hydrogen-bond donors (Lipinski definition) is 1. The third-order valence-electron chi connectivity index (χ3n) is 2.27. The molecule has 2 aromatic rings. The summed E-state index contributed by atoms with van der Waals surface area (Å²) < 4.78 is 26.4. The number of thiazole rings is 1. The number of anilines is 1. The summed E-state index contributed by atoms with van der Waals surface area (Å²) in [5.74, 6) is 0. The van der Waals surface area contributed by atoms with E-state index in [1.807, 2.05) is 0 Å². The molecule has 0 amide bonds. The Morgan fingerprint density at radius 3 is 2.70 bits per heavy atom. The topological polar surface area (TPSA) is 102 Å². The van der Waals surface area contributed by atoms with Gasteiger partial charge in [-0.2, -0.15) is 0 Å². The summed E-state index contributed by atoms with van der Waals surface area (Å²) in [7, 11) is -3.94. The number of sulfonamides is 1. The molecule has 1 heterocycles. The van der Waals surface area contributed by atoms with Crippen molar-refractivity contribution in [1.29, 1.82) is 0 Å². The van der Waals surface area contributed by atoms with E-state index in [1.54, 1.807) is 6.92 Å². The largest absolute Gasteiger partial charge is 0.289 e. The van der Waals surface area contributed by atoms with Gasteiger partial charge in [0.05, 0.1) is 9.82 Å². The summed E-state index contributed by atoms with van der Waals surface area (Å²) in [4.78, 5) is 14.5. The molecule has 0 atom stereocenters. The Morgan fingerprint density at radius 1 is 1.45 bits per heavy atom. The number of aromatic nitrogens is 1. The zero-order chi connectivity index (χ0) is 14.9. The molecule has 20 heavy (non-hydrogen) atoms. The predicted molar refractivity (Wildman–Crippen MR) is 75.8 cm³/mol. The summed E-state index contributed by atoms with van der Waals surface area (Å²) >= 11 is 6.80. The van der Waals surface area contributed by atoms with Crippen LogP contribution in [0.3, 0.4) is 0 Å². The van der Waals surface area contributed by atoms with Crippen LogP contribution >= 0.6 is 22.9 Å². The fraction of sp³-hybridized carbons (Fsp3) is 0.100. The molecule has 1 aromatic carbocycles. The molecule has 0 aliphatic heterocycles. The van der Waals surface area contributed by atoms with Crippen LogP contribution in [0.5, 0.6) is 0 Å². The van der Waals surface area contributed by atoms with Gasteiger partial charge in [-0.25, -0.2) is 13.4 Å². The molecule has 7 nitrogen and oxygen atoms in total. The number of aryl methyl sites for hydroxylation is 1. The zero-order valence-corrected chi connectivity index (χ0v) is 12.4. The highest BCUT2D eigenvalue weighted by molar-refractivity contribution is 7.93. The molecule has 0 unspecified atom stereocenters. The van der Waals surface area contributed by atoms with Crippen LogP contribution in [0.2, 0.25) is 5.02 Å². The molecule has 0 fully saturated rings. The molecular weight excluding hydrogens is 326 g/mol. The fourth-order valence-electron chi connectivity index (χ4n) is 1.38. The molecule has 0 saturated carbocycles. The van der Waals surface area contributed by atoms with Gasteiger partial charge in [-0.15, -0.1) is 11.3 Å². The Kier molecular flexibility index (Phi) is 3.93. The number of nitro benzene ring substituents is 1. The molecule has 0 spiro atoms. The first-order chi connectivity index (χ1) is 9.29. The van der Waals surface area contributed by atoms with E-state index < -0.39 is 20.6 Å². The number of halogens is 1. The van der Waals surface area contributed by atoms with Crippen molar-refractivity contribution in [3.8, 4) is 0 Å². The highest BCUT2D eigenvalue weighted by atomic mass is 35.5. The van der Waals surface area contributed by atoms with Crippen LogP contribution in [0.1, 0.15) is 4.88 Å². The number of nitrogens with one attached hydrogen (secondary N) is 1. The molecular formula is C10H8ClN3O4S2. The number of nitro groups is 1. The summed E-state index contributed by atoms with van der Waals surface area (Å²) in [6.07, 6.45) is 1.52. The van der Waals surface area contributed by atoms with Crippen molar-refractivity contribution in [2.45, 2.75) is 11.8 Å². The van der Waals surface area contributed by atoms with E-state index in [2.05, 4.69) is 9.71 Å². The third kappa shape index (κ3) is 3.06. The second-order valence-electron chi connectivity index (χ2n) is 3.75. The van der Waals surface area contributed by atoms with Gasteiger partial charge in [0.25, 0.3) is 15.7 Å².